The molecule has 1 unspecified atom stereocenters. The molecule has 0 amide bonds. The third kappa shape index (κ3) is 3.70. The summed E-state index contributed by atoms with van der Waals surface area (Å²) in [6.45, 7) is 4.98. The third-order valence-electron chi connectivity index (χ3n) is 3.14. The fourth-order valence-electron chi connectivity index (χ4n) is 2.00. The van der Waals surface area contributed by atoms with Gasteiger partial charge in [0.1, 0.15) is 18.5 Å². The van der Waals surface area contributed by atoms with E-state index < -0.39 is 6.10 Å². The molecule has 0 aromatic heterocycles. The van der Waals surface area contributed by atoms with Crippen LogP contribution in [0.2, 0.25) is 0 Å². The molecule has 1 saturated heterocycles. The number of hydrogen-bond donors (Lipinski definition) is 1. The Labute approximate surface area is 108 Å². The smallest absolute Gasteiger partial charge is 0.119 e. The lowest BCUT2D eigenvalue weighted by Gasteiger charge is -2.29. The molecule has 0 spiro atoms. The Morgan fingerprint density at radius 2 is 2.17 bits per heavy atom. The summed E-state index contributed by atoms with van der Waals surface area (Å²) < 4.78 is 11.3. The van der Waals surface area contributed by atoms with Crippen molar-refractivity contribution in [3.8, 4) is 5.75 Å². The molecule has 1 N–H and O–H groups in total. The van der Waals surface area contributed by atoms with Crippen molar-refractivity contribution in [3.05, 3.63) is 29.8 Å². The average molecular weight is 251 g/mol. The Morgan fingerprint density at radius 1 is 1.44 bits per heavy atom. The SMILES string of the molecule is C[C@H](O)c1ccc(OCC2CN(C)CCO2)cc1. The summed E-state index contributed by atoms with van der Waals surface area (Å²) in [6, 6.07) is 7.53. The van der Waals surface area contributed by atoms with Gasteiger partial charge in [0, 0.05) is 13.1 Å². The molecular weight excluding hydrogens is 230 g/mol. The van der Waals surface area contributed by atoms with Crippen LogP contribution in [0.5, 0.6) is 5.75 Å². The van der Waals surface area contributed by atoms with E-state index in [4.69, 9.17) is 9.47 Å². The van der Waals surface area contributed by atoms with Crippen LogP contribution >= 0.6 is 0 Å². The van der Waals surface area contributed by atoms with E-state index >= 15 is 0 Å². The van der Waals surface area contributed by atoms with E-state index in [1.807, 2.05) is 24.3 Å². The van der Waals surface area contributed by atoms with Crippen LogP contribution in [0.25, 0.3) is 0 Å². The molecular formula is C14H21NO3. The fraction of sp³-hybridized carbons (Fsp3) is 0.571. The lowest BCUT2D eigenvalue weighted by Crippen LogP contribution is -2.42. The van der Waals surface area contributed by atoms with E-state index in [0.717, 1.165) is 31.0 Å². The molecule has 0 saturated carbocycles. The fourth-order valence-corrected chi connectivity index (χ4v) is 2.00. The number of aliphatic hydroxyl groups is 1. The minimum absolute atomic E-state index is 0.139. The molecule has 2 rings (SSSR count). The Hall–Kier alpha value is -1.10. The summed E-state index contributed by atoms with van der Waals surface area (Å²) in [5, 5.41) is 9.41. The zero-order chi connectivity index (χ0) is 13.0. The van der Waals surface area contributed by atoms with Crippen LogP contribution < -0.4 is 4.74 Å². The topological polar surface area (TPSA) is 41.9 Å². The first-order valence-electron chi connectivity index (χ1n) is 6.36. The van der Waals surface area contributed by atoms with Crippen LogP contribution in [-0.4, -0.2) is 49.5 Å². The average Bonchev–Trinajstić information content (AvgIpc) is 2.37. The van der Waals surface area contributed by atoms with Gasteiger partial charge in [0.05, 0.1) is 12.7 Å². The number of hydrogen-bond acceptors (Lipinski definition) is 4. The summed E-state index contributed by atoms with van der Waals surface area (Å²) in [4.78, 5) is 2.24. The monoisotopic (exact) mass is 251 g/mol. The van der Waals surface area contributed by atoms with Crippen LogP contribution in [0.1, 0.15) is 18.6 Å². The van der Waals surface area contributed by atoms with Gasteiger partial charge >= 0.3 is 0 Å². The number of likely N-dealkylation sites (N-methyl/N-ethyl adjacent to an activating group) is 1. The van der Waals surface area contributed by atoms with Gasteiger partial charge in [-0.1, -0.05) is 12.1 Å². The number of ether oxygens (including phenoxy) is 2. The quantitative estimate of drug-likeness (QED) is 0.879. The molecule has 1 fully saturated rings. The first-order valence-corrected chi connectivity index (χ1v) is 6.36. The van der Waals surface area contributed by atoms with Gasteiger partial charge in [0.2, 0.25) is 0 Å². The molecule has 1 aromatic rings. The zero-order valence-electron chi connectivity index (χ0n) is 11.0. The lowest BCUT2D eigenvalue weighted by atomic mass is 10.1. The van der Waals surface area contributed by atoms with Crippen LogP contribution in [-0.2, 0) is 4.74 Å². The van der Waals surface area contributed by atoms with Gasteiger partial charge in [-0.3, -0.25) is 0 Å². The molecule has 2 atom stereocenters. The van der Waals surface area contributed by atoms with E-state index in [-0.39, 0.29) is 6.10 Å². The summed E-state index contributed by atoms with van der Waals surface area (Å²) >= 11 is 0. The second kappa shape index (κ2) is 6.18. The van der Waals surface area contributed by atoms with Crippen molar-refractivity contribution in [2.24, 2.45) is 0 Å². The van der Waals surface area contributed by atoms with Crippen molar-refractivity contribution < 1.29 is 14.6 Å². The lowest BCUT2D eigenvalue weighted by molar-refractivity contribution is -0.0403. The summed E-state index contributed by atoms with van der Waals surface area (Å²) in [6.07, 6.45) is -0.297. The predicted octanol–water partition coefficient (Wildman–Crippen LogP) is 1.45. The van der Waals surface area contributed by atoms with Gasteiger partial charge in [0.25, 0.3) is 0 Å². The minimum Gasteiger partial charge on any atom is -0.491 e. The van der Waals surface area contributed by atoms with Crippen LogP contribution in [0.3, 0.4) is 0 Å². The van der Waals surface area contributed by atoms with Gasteiger partial charge in [-0.25, -0.2) is 0 Å². The normalized spacial score (nSPS) is 22.7. The maximum absolute atomic E-state index is 9.41. The number of rotatable bonds is 4. The van der Waals surface area contributed by atoms with Crippen molar-refractivity contribution >= 4 is 0 Å². The predicted molar refractivity (Wildman–Crippen MR) is 69.8 cm³/mol. The standard InChI is InChI=1S/C14H21NO3/c1-11(16)12-3-5-13(6-4-12)18-10-14-9-15(2)7-8-17-14/h3-6,11,14,16H,7-10H2,1-2H3/t11-,14?/m0/s1. The van der Waals surface area contributed by atoms with Gasteiger partial charge in [-0.05, 0) is 31.7 Å². The van der Waals surface area contributed by atoms with Crippen molar-refractivity contribution in [1.29, 1.82) is 0 Å². The van der Waals surface area contributed by atoms with E-state index in [1.165, 1.54) is 0 Å². The second-order valence-corrected chi connectivity index (χ2v) is 4.81. The summed E-state index contributed by atoms with van der Waals surface area (Å²) in [5.74, 6) is 0.816. The molecule has 1 aliphatic heterocycles. The Balaban J connectivity index is 1.82. The number of aliphatic hydroxyl groups excluding tert-OH is 1. The van der Waals surface area contributed by atoms with E-state index in [1.54, 1.807) is 6.92 Å². The molecule has 0 aliphatic carbocycles. The second-order valence-electron chi connectivity index (χ2n) is 4.81. The van der Waals surface area contributed by atoms with Gasteiger partial charge in [-0.2, -0.15) is 0 Å². The maximum Gasteiger partial charge on any atom is 0.119 e. The molecule has 100 valence electrons. The molecule has 18 heavy (non-hydrogen) atoms. The van der Waals surface area contributed by atoms with E-state index in [9.17, 15) is 5.11 Å². The summed E-state index contributed by atoms with van der Waals surface area (Å²) in [5.41, 5.74) is 0.899. The van der Waals surface area contributed by atoms with Gasteiger partial charge in [-0.15, -0.1) is 0 Å². The molecule has 1 heterocycles. The maximum atomic E-state index is 9.41. The van der Waals surface area contributed by atoms with E-state index in [2.05, 4.69) is 11.9 Å². The van der Waals surface area contributed by atoms with Gasteiger partial charge < -0.3 is 19.5 Å². The molecule has 1 aliphatic rings. The van der Waals surface area contributed by atoms with E-state index in [0.29, 0.717) is 6.61 Å². The highest BCUT2D eigenvalue weighted by Gasteiger charge is 2.18. The Morgan fingerprint density at radius 3 is 2.78 bits per heavy atom. The highest BCUT2D eigenvalue weighted by atomic mass is 16.5. The minimum atomic E-state index is -0.436. The molecule has 4 heteroatoms. The Kier molecular flexibility index (Phi) is 4.58. The van der Waals surface area contributed by atoms with Crippen LogP contribution in [0.4, 0.5) is 0 Å². The zero-order valence-corrected chi connectivity index (χ0v) is 11.0. The van der Waals surface area contributed by atoms with Crippen LogP contribution in [0.15, 0.2) is 24.3 Å². The van der Waals surface area contributed by atoms with Crippen molar-refractivity contribution in [1.82, 2.24) is 4.90 Å². The van der Waals surface area contributed by atoms with Crippen molar-refractivity contribution in [2.45, 2.75) is 19.1 Å². The summed E-state index contributed by atoms with van der Waals surface area (Å²) in [7, 11) is 2.09. The number of benzene rings is 1. The Bertz CT molecular complexity index is 364. The largest absolute Gasteiger partial charge is 0.491 e. The first kappa shape index (κ1) is 13.3. The molecule has 1 aromatic carbocycles. The van der Waals surface area contributed by atoms with Gasteiger partial charge in [0.15, 0.2) is 0 Å². The number of morpholine rings is 1. The first-order chi connectivity index (χ1) is 8.65. The molecule has 4 nitrogen and oxygen atoms in total. The number of nitrogens with zero attached hydrogens (tertiary/aromatic N) is 1. The molecule has 0 bridgehead atoms. The third-order valence-corrected chi connectivity index (χ3v) is 3.14. The van der Waals surface area contributed by atoms with Crippen LogP contribution in [0, 0.1) is 0 Å². The van der Waals surface area contributed by atoms with Crippen molar-refractivity contribution in [3.63, 3.8) is 0 Å². The van der Waals surface area contributed by atoms with Crippen molar-refractivity contribution in [2.75, 3.05) is 33.4 Å². The highest BCUT2D eigenvalue weighted by molar-refractivity contribution is 5.28. The highest BCUT2D eigenvalue weighted by Crippen LogP contribution is 2.17. The molecule has 0 radical (unpaired) electrons.